The fourth-order valence-electron chi connectivity index (χ4n) is 2.58. The van der Waals surface area contributed by atoms with Gasteiger partial charge in [-0.25, -0.2) is 29.9 Å². The molecule has 12 heteroatoms. The summed E-state index contributed by atoms with van der Waals surface area (Å²) >= 11 is 0. The van der Waals surface area contributed by atoms with Crippen LogP contribution in [-0.4, -0.2) is 29.9 Å². The second kappa shape index (κ2) is 5.31. The molecule has 0 aliphatic rings. The molecule has 1 aromatic carbocycles. The van der Waals surface area contributed by atoms with Crippen molar-refractivity contribution in [2.45, 2.75) is 0 Å². The van der Waals surface area contributed by atoms with Crippen molar-refractivity contribution in [2.24, 2.45) is 0 Å². The number of aromatic nitrogens is 6. The van der Waals surface area contributed by atoms with Gasteiger partial charge in [-0.2, -0.15) is 15.8 Å². The molecule has 12 nitrogen and oxygen atoms in total. The second-order valence-electron chi connectivity index (χ2n) is 5.30. The SMILES string of the molecule is N#Cc1nc2c(nc1N)c1nc(C#N)c(N)nc1c1nc(C#N)c(N)nc21. The van der Waals surface area contributed by atoms with Crippen LogP contribution in [0.15, 0.2) is 0 Å². The third-order valence-electron chi connectivity index (χ3n) is 3.76. The fraction of sp³-hybridized carbons (Fsp3) is 0. The maximum Gasteiger partial charge on any atom is 0.183 e. The van der Waals surface area contributed by atoms with E-state index >= 15 is 0 Å². The van der Waals surface area contributed by atoms with Crippen LogP contribution in [0.5, 0.6) is 0 Å². The minimum atomic E-state index is -0.128. The third-order valence-corrected chi connectivity index (χ3v) is 3.76. The van der Waals surface area contributed by atoms with Crippen LogP contribution in [0.4, 0.5) is 17.5 Å². The van der Waals surface area contributed by atoms with Crippen LogP contribution in [0.25, 0.3) is 33.1 Å². The van der Waals surface area contributed by atoms with Gasteiger partial charge in [0.1, 0.15) is 51.3 Å². The molecule has 0 amide bonds. The molecule has 0 aliphatic heterocycles. The van der Waals surface area contributed by atoms with Crippen LogP contribution in [0.2, 0.25) is 0 Å². The number of anilines is 3. The maximum absolute atomic E-state index is 9.19. The first-order chi connectivity index (χ1) is 13.0. The lowest BCUT2D eigenvalue weighted by atomic mass is 10.1. The smallest absolute Gasteiger partial charge is 0.183 e. The molecule has 3 aromatic heterocycles. The fourth-order valence-corrected chi connectivity index (χ4v) is 2.58. The lowest BCUT2D eigenvalue weighted by Crippen LogP contribution is -2.07. The van der Waals surface area contributed by atoms with E-state index in [1.807, 2.05) is 18.2 Å². The van der Waals surface area contributed by atoms with Crippen molar-refractivity contribution in [3.63, 3.8) is 0 Å². The van der Waals surface area contributed by atoms with Gasteiger partial charge in [0.2, 0.25) is 0 Å². The van der Waals surface area contributed by atoms with Crippen molar-refractivity contribution in [1.82, 2.24) is 29.9 Å². The molecule has 0 unspecified atom stereocenters. The first-order valence-electron chi connectivity index (χ1n) is 7.22. The lowest BCUT2D eigenvalue weighted by molar-refractivity contribution is 1.20. The Kier molecular flexibility index (Phi) is 3.07. The predicted octanol–water partition coefficient (Wildman–Crippen LogP) is -0.122. The lowest BCUT2D eigenvalue weighted by Gasteiger charge is -2.09. The highest BCUT2D eigenvalue weighted by Crippen LogP contribution is 2.32. The van der Waals surface area contributed by atoms with Gasteiger partial charge in [-0.1, -0.05) is 0 Å². The normalized spacial score (nSPS) is 10.6. The predicted molar refractivity (Wildman–Crippen MR) is 93.1 cm³/mol. The number of nitrogens with zero attached hydrogens (tertiary/aromatic N) is 9. The summed E-state index contributed by atoms with van der Waals surface area (Å²) in [4.78, 5) is 25.0. The largest absolute Gasteiger partial charge is 0.381 e. The van der Waals surface area contributed by atoms with E-state index in [0.29, 0.717) is 0 Å². The Morgan fingerprint density at radius 1 is 0.444 bits per heavy atom. The Morgan fingerprint density at radius 2 is 0.667 bits per heavy atom. The van der Waals surface area contributed by atoms with Gasteiger partial charge >= 0.3 is 0 Å². The number of nitrogens with two attached hydrogens (primary N) is 3. The van der Waals surface area contributed by atoms with E-state index in [-0.39, 0.29) is 67.6 Å². The van der Waals surface area contributed by atoms with E-state index in [1.165, 1.54) is 0 Å². The van der Waals surface area contributed by atoms with Crippen LogP contribution >= 0.6 is 0 Å². The van der Waals surface area contributed by atoms with Gasteiger partial charge in [0.15, 0.2) is 34.5 Å². The number of hydrogen-bond donors (Lipinski definition) is 3. The number of fused-ring (bicyclic) bond motifs is 6. The molecule has 0 spiro atoms. The van der Waals surface area contributed by atoms with Gasteiger partial charge in [0.05, 0.1) is 0 Å². The molecular weight excluding hydrogens is 348 g/mol. The molecule has 126 valence electrons. The van der Waals surface area contributed by atoms with Crippen molar-refractivity contribution in [1.29, 1.82) is 15.8 Å². The zero-order valence-corrected chi connectivity index (χ0v) is 13.3. The zero-order chi connectivity index (χ0) is 19.3. The topological polar surface area (TPSA) is 227 Å². The average Bonchev–Trinajstić information content (AvgIpc) is 2.67. The van der Waals surface area contributed by atoms with Gasteiger partial charge in [-0.3, -0.25) is 0 Å². The molecule has 0 atom stereocenters. The van der Waals surface area contributed by atoms with Crippen molar-refractivity contribution >= 4 is 50.6 Å². The van der Waals surface area contributed by atoms with Crippen LogP contribution in [0.1, 0.15) is 17.1 Å². The van der Waals surface area contributed by atoms with Crippen molar-refractivity contribution < 1.29 is 0 Å². The monoisotopic (exact) mass is 354 g/mol. The van der Waals surface area contributed by atoms with Gasteiger partial charge in [-0.05, 0) is 0 Å². The molecule has 4 rings (SSSR count). The van der Waals surface area contributed by atoms with Crippen LogP contribution < -0.4 is 17.2 Å². The summed E-state index contributed by atoms with van der Waals surface area (Å²) < 4.78 is 0. The highest BCUT2D eigenvalue weighted by molar-refractivity contribution is 6.18. The van der Waals surface area contributed by atoms with E-state index in [2.05, 4.69) is 29.9 Å². The molecule has 4 aromatic rings. The maximum atomic E-state index is 9.19. The van der Waals surface area contributed by atoms with Crippen molar-refractivity contribution in [3.05, 3.63) is 17.1 Å². The third kappa shape index (κ3) is 2.06. The van der Waals surface area contributed by atoms with Gasteiger partial charge in [0.25, 0.3) is 0 Å². The Balaban J connectivity index is 2.39. The summed E-state index contributed by atoms with van der Waals surface area (Å²) in [5.74, 6) is -0.382. The second-order valence-corrected chi connectivity index (χ2v) is 5.30. The van der Waals surface area contributed by atoms with Crippen LogP contribution in [-0.2, 0) is 0 Å². The summed E-state index contributed by atoms with van der Waals surface area (Å²) in [6.45, 7) is 0. The summed E-state index contributed by atoms with van der Waals surface area (Å²) in [6.07, 6.45) is 0. The molecule has 6 N–H and O–H groups in total. The number of hydrogen-bond acceptors (Lipinski definition) is 12. The quantitative estimate of drug-likeness (QED) is 0.351. The summed E-state index contributed by atoms with van der Waals surface area (Å²) in [5.41, 5.74) is 17.8. The summed E-state index contributed by atoms with van der Waals surface area (Å²) in [7, 11) is 0. The zero-order valence-electron chi connectivity index (χ0n) is 13.3. The summed E-state index contributed by atoms with van der Waals surface area (Å²) in [5, 5.41) is 27.6. The Labute approximate surface area is 149 Å². The molecule has 0 bridgehead atoms. The number of nitrogen functional groups attached to an aromatic ring is 3. The first-order valence-corrected chi connectivity index (χ1v) is 7.22. The average molecular weight is 354 g/mol. The number of nitriles is 3. The van der Waals surface area contributed by atoms with Crippen molar-refractivity contribution in [2.75, 3.05) is 17.2 Å². The molecule has 0 radical (unpaired) electrons. The summed E-state index contributed by atoms with van der Waals surface area (Å²) in [6, 6.07) is 5.49. The van der Waals surface area contributed by atoms with E-state index in [0.717, 1.165) is 0 Å². The molecule has 0 fully saturated rings. The highest BCUT2D eigenvalue weighted by Gasteiger charge is 2.21. The molecule has 0 aliphatic carbocycles. The van der Waals surface area contributed by atoms with Crippen LogP contribution in [0, 0.1) is 34.0 Å². The standard InChI is InChI=1S/C15H6N12/c16-1-4-13(19)25-10-7(22-4)11-9(24-5(2-17)14(20)26-11)12-8(10)23-6(3-18)15(21)27-12/h(H2,19,25)(H2,20,26)(H2,21,27). The molecule has 27 heavy (non-hydrogen) atoms. The number of benzene rings is 1. The van der Waals surface area contributed by atoms with E-state index in [1.54, 1.807) is 0 Å². The van der Waals surface area contributed by atoms with Crippen molar-refractivity contribution in [3.8, 4) is 18.2 Å². The number of rotatable bonds is 0. The molecule has 0 saturated carbocycles. The molecule has 3 heterocycles. The minimum Gasteiger partial charge on any atom is -0.381 e. The first kappa shape index (κ1) is 15.6. The van der Waals surface area contributed by atoms with E-state index < -0.39 is 0 Å². The van der Waals surface area contributed by atoms with Gasteiger partial charge < -0.3 is 17.2 Å². The molecule has 0 saturated heterocycles. The Hall–Kier alpha value is -4.89. The molecular formula is C15H6N12. The Bertz CT molecular complexity index is 1230. The van der Waals surface area contributed by atoms with Crippen LogP contribution in [0.3, 0.4) is 0 Å². The Morgan fingerprint density at radius 3 is 0.889 bits per heavy atom. The van der Waals surface area contributed by atoms with E-state index in [4.69, 9.17) is 17.2 Å². The minimum absolute atomic E-state index is 0.127. The highest BCUT2D eigenvalue weighted by atomic mass is 15.0. The van der Waals surface area contributed by atoms with Gasteiger partial charge in [-0.15, -0.1) is 0 Å². The van der Waals surface area contributed by atoms with E-state index in [9.17, 15) is 15.8 Å². The van der Waals surface area contributed by atoms with Gasteiger partial charge in [0, 0.05) is 0 Å².